The molecule has 55 valence electrons. The van der Waals surface area contributed by atoms with Gasteiger partial charge < -0.3 is 0 Å². The zero-order valence-electron chi connectivity index (χ0n) is 3.82. The summed E-state index contributed by atoms with van der Waals surface area (Å²) in [6, 6.07) is 0. The highest BCUT2D eigenvalue weighted by atomic mass is 79.9. The molecule has 0 aromatic heterocycles. The van der Waals surface area contributed by atoms with Crippen LogP contribution in [0.5, 0.6) is 0 Å². The molecule has 0 fully saturated rings. The van der Waals surface area contributed by atoms with Crippen LogP contribution in [0.3, 0.4) is 0 Å². The predicted molar refractivity (Wildman–Crippen MR) is 27.4 cm³/mol. The Morgan fingerprint density at radius 1 is 1.33 bits per heavy atom. The molecule has 0 aromatic rings. The molecule has 0 N–H and O–H groups in total. The Morgan fingerprint density at radius 2 is 1.44 bits per heavy atom. The third-order valence-corrected chi connectivity index (χ3v) is 1.01. The summed E-state index contributed by atoms with van der Waals surface area (Å²) >= 11 is 6.68. The Kier molecular flexibility index (Phi) is 9.52. The van der Waals surface area contributed by atoms with Crippen LogP contribution in [0.4, 0.5) is 13.2 Å². The van der Waals surface area contributed by atoms with E-state index in [2.05, 4.69) is 27.5 Å². The van der Waals surface area contributed by atoms with Gasteiger partial charge in [-0.15, -0.1) is 11.6 Å². The van der Waals surface area contributed by atoms with E-state index in [1.165, 1.54) is 0 Å². The average molecular weight is 227 g/mol. The van der Waals surface area contributed by atoms with Crippen LogP contribution in [-0.2, 0) is 5.48 Å². The van der Waals surface area contributed by atoms with Crippen LogP contribution in [0.2, 0.25) is 0 Å². The minimum atomic E-state index is -4.32. The van der Waals surface area contributed by atoms with Crippen LogP contribution in [-0.4, -0.2) is 10.5 Å². The first-order valence-corrected chi connectivity index (χ1v) is 2.64. The number of halogens is 5. The van der Waals surface area contributed by atoms with Crippen molar-refractivity contribution in [2.24, 2.45) is 0 Å². The highest BCUT2D eigenvalue weighted by Gasteiger charge is 2.35. The lowest BCUT2D eigenvalue weighted by atomic mass is 10.8. The molecule has 5 radical (unpaired) electrons. The lowest BCUT2D eigenvalue weighted by molar-refractivity contribution is -0.112. The van der Waals surface area contributed by atoms with E-state index in [4.69, 9.17) is 0 Å². The second-order valence-electron chi connectivity index (χ2n) is 0.842. The molecule has 0 saturated heterocycles. The molecule has 9 heavy (non-hydrogen) atoms. The SMILES string of the molecule is FC(F)(F)C(Cl)Br.[N].[O]. The van der Waals surface area contributed by atoms with Crippen LogP contribution in [0.1, 0.15) is 0 Å². The van der Waals surface area contributed by atoms with Gasteiger partial charge in [-0.3, -0.25) is 0 Å². The molecule has 0 heterocycles. The normalized spacial score (nSPS) is 13.0. The van der Waals surface area contributed by atoms with Crippen LogP contribution in [0.25, 0.3) is 0 Å². The zero-order valence-corrected chi connectivity index (χ0v) is 6.16. The van der Waals surface area contributed by atoms with Crippen LogP contribution in [0, 0.1) is 0 Å². The molecular formula is C2HBrClF3NO. The Balaban J connectivity index is -0.000000180. The fraction of sp³-hybridized carbons (Fsp3) is 1.00. The molecule has 0 aromatic carbocycles. The lowest BCUT2D eigenvalue weighted by Gasteiger charge is -2.03. The van der Waals surface area contributed by atoms with Gasteiger partial charge in [0, 0.05) is 11.6 Å². The number of hydrogen-bond donors (Lipinski definition) is 0. The summed E-state index contributed by atoms with van der Waals surface area (Å²) in [5.41, 5.74) is 0. The van der Waals surface area contributed by atoms with Crippen molar-refractivity contribution in [3.8, 4) is 0 Å². The van der Waals surface area contributed by atoms with Gasteiger partial charge in [-0.25, -0.2) is 0 Å². The van der Waals surface area contributed by atoms with Crippen molar-refractivity contribution < 1.29 is 18.6 Å². The van der Waals surface area contributed by atoms with Gasteiger partial charge in [-0.05, 0) is 0 Å². The number of nitrogens with zero attached hydrogens (tertiary/aromatic N) is 1. The second-order valence-corrected chi connectivity index (χ2v) is 2.72. The molecule has 0 saturated carbocycles. The molecule has 0 spiro atoms. The van der Waals surface area contributed by atoms with Crippen molar-refractivity contribution in [1.82, 2.24) is 6.15 Å². The highest BCUT2D eigenvalue weighted by Crippen LogP contribution is 2.28. The molecular weight excluding hydrogens is 226 g/mol. The van der Waals surface area contributed by atoms with E-state index in [9.17, 15) is 13.2 Å². The molecule has 2 nitrogen and oxygen atoms in total. The molecule has 7 heteroatoms. The maximum atomic E-state index is 11.0. The van der Waals surface area contributed by atoms with Crippen molar-refractivity contribution in [2.45, 2.75) is 10.5 Å². The van der Waals surface area contributed by atoms with Crippen molar-refractivity contribution >= 4 is 27.5 Å². The predicted octanol–water partition coefficient (Wildman–Crippen LogP) is 1.91. The first-order valence-electron chi connectivity index (χ1n) is 1.29. The van der Waals surface area contributed by atoms with Crippen molar-refractivity contribution in [1.29, 1.82) is 0 Å². The van der Waals surface area contributed by atoms with E-state index in [-0.39, 0.29) is 11.6 Å². The number of alkyl halides is 5. The fourth-order valence-electron chi connectivity index (χ4n) is 0. The molecule has 0 rings (SSSR count). The van der Waals surface area contributed by atoms with Crippen LogP contribution in [0.15, 0.2) is 0 Å². The quantitative estimate of drug-likeness (QED) is 0.568. The van der Waals surface area contributed by atoms with E-state index >= 15 is 0 Å². The summed E-state index contributed by atoms with van der Waals surface area (Å²) in [7, 11) is 0. The van der Waals surface area contributed by atoms with E-state index < -0.39 is 10.5 Å². The van der Waals surface area contributed by atoms with Gasteiger partial charge in [0.1, 0.15) is 0 Å². The summed E-state index contributed by atoms with van der Waals surface area (Å²) in [5, 5.41) is 0. The van der Waals surface area contributed by atoms with Gasteiger partial charge in [0.2, 0.25) is 0 Å². The molecule has 1 atom stereocenters. The van der Waals surface area contributed by atoms with Crippen LogP contribution >= 0.6 is 27.5 Å². The minimum absolute atomic E-state index is 0. The molecule has 0 aliphatic rings. The van der Waals surface area contributed by atoms with E-state index in [1.807, 2.05) is 0 Å². The summed E-state index contributed by atoms with van der Waals surface area (Å²) in [6.07, 6.45) is -4.32. The van der Waals surface area contributed by atoms with Crippen molar-refractivity contribution in [3.05, 3.63) is 0 Å². The van der Waals surface area contributed by atoms with E-state index in [1.54, 1.807) is 0 Å². The van der Waals surface area contributed by atoms with Gasteiger partial charge in [0.25, 0.3) is 0 Å². The van der Waals surface area contributed by atoms with Gasteiger partial charge >= 0.3 is 6.18 Å². The van der Waals surface area contributed by atoms with Crippen LogP contribution < -0.4 is 6.15 Å². The molecule has 0 bridgehead atoms. The third-order valence-electron chi connectivity index (χ3n) is 0.247. The first kappa shape index (κ1) is 16.2. The van der Waals surface area contributed by atoms with Crippen molar-refractivity contribution in [3.63, 3.8) is 0 Å². The molecule has 0 amide bonds. The monoisotopic (exact) mass is 226 g/mol. The largest absolute Gasteiger partial charge is 0.414 e. The van der Waals surface area contributed by atoms with E-state index in [0.717, 1.165) is 0 Å². The molecule has 0 aliphatic carbocycles. The molecule has 1 unspecified atom stereocenters. The third kappa shape index (κ3) is 8.48. The maximum Gasteiger partial charge on any atom is 0.414 e. The minimum Gasteiger partial charge on any atom is -0.168 e. The van der Waals surface area contributed by atoms with Gasteiger partial charge in [-0.1, -0.05) is 15.9 Å². The Labute approximate surface area is 63.4 Å². The zero-order chi connectivity index (χ0) is 6.08. The standard InChI is InChI=1S/C2HBrClF3.N.O/c3-1(4)2(5,6)7;;/h1H;;. The second kappa shape index (κ2) is 5.28. The summed E-state index contributed by atoms with van der Waals surface area (Å²) < 4.78 is 31.1. The number of rotatable bonds is 0. The maximum absolute atomic E-state index is 11.0. The lowest BCUT2D eigenvalue weighted by Crippen LogP contribution is -2.16. The average Bonchev–Trinajstić information content (AvgIpc) is 1.31. The Bertz CT molecular complexity index is 67.3. The summed E-state index contributed by atoms with van der Waals surface area (Å²) in [4.78, 5) is 0. The van der Waals surface area contributed by atoms with Gasteiger partial charge in [-0.2, -0.15) is 13.2 Å². The highest BCUT2D eigenvalue weighted by molar-refractivity contribution is 9.10. The Morgan fingerprint density at radius 3 is 1.44 bits per heavy atom. The van der Waals surface area contributed by atoms with Gasteiger partial charge in [0.15, 0.2) is 4.29 Å². The topological polar surface area (TPSA) is 59.0 Å². The summed E-state index contributed by atoms with van der Waals surface area (Å²) in [5.74, 6) is 0. The number of hydrogen-bond acceptors (Lipinski definition) is 0. The smallest absolute Gasteiger partial charge is 0.168 e. The summed E-state index contributed by atoms with van der Waals surface area (Å²) in [6.45, 7) is 0. The molecule has 0 aliphatic heterocycles. The van der Waals surface area contributed by atoms with E-state index in [0.29, 0.717) is 0 Å². The Hall–Kier alpha value is 0.480. The van der Waals surface area contributed by atoms with Gasteiger partial charge in [0.05, 0.1) is 0 Å². The fourth-order valence-corrected chi connectivity index (χ4v) is 0. The van der Waals surface area contributed by atoms with Crippen molar-refractivity contribution in [2.75, 3.05) is 0 Å². The first-order chi connectivity index (χ1) is 2.94.